The van der Waals surface area contributed by atoms with Crippen molar-refractivity contribution >= 4 is 15.7 Å². The Kier molecular flexibility index (Phi) is 4.84. The van der Waals surface area contributed by atoms with Gasteiger partial charge in [-0.25, -0.2) is 8.42 Å². The zero-order valence-electron chi connectivity index (χ0n) is 12.7. The summed E-state index contributed by atoms with van der Waals surface area (Å²) in [6, 6.07) is 3.98. The topological polar surface area (TPSA) is 107 Å². The quantitative estimate of drug-likeness (QED) is 0.668. The largest absolute Gasteiger partial charge is 0.328 e. The highest BCUT2D eigenvalue weighted by atomic mass is 32.2. The SMILES string of the molecule is Cc1ccc([N+](=O)[O-])cc1S(=O)(=O)N1CCC(C(C)N)CC1. The van der Waals surface area contributed by atoms with Gasteiger partial charge in [-0.3, -0.25) is 10.1 Å². The number of rotatable bonds is 4. The van der Waals surface area contributed by atoms with Gasteiger partial charge >= 0.3 is 0 Å². The molecule has 0 bridgehead atoms. The average molecular weight is 327 g/mol. The Morgan fingerprint density at radius 1 is 1.36 bits per heavy atom. The molecule has 122 valence electrons. The zero-order valence-corrected chi connectivity index (χ0v) is 13.5. The second-order valence-electron chi connectivity index (χ2n) is 5.81. The second kappa shape index (κ2) is 6.31. The summed E-state index contributed by atoms with van der Waals surface area (Å²) in [5.41, 5.74) is 6.17. The van der Waals surface area contributed by atoms with Gasteiger partial charge < -0.3 is 5.73 Å². The first-order chi connectivity index (χ1) is 10.2. The molecule has 1 unspecified atom stereocenters. The highest BCUT2D eigenvalue weighted by Crippen LogP contribution is 2.28. The Labute approximate surface area is 130 Å². The zero-order chi connectivity index (χ0) is 16.5. The minimum absolute atomic E-state index is 0.0148. The van der Waals surface area contributed by atoms with Crippen molar-refractivity contribution in [2.45, 2.75) is 37.6 Å². The van der Waals surface area contributed by atoms with Crippen molar-refractivity contribution in [1.82, 2.24) is 4.31 Å². The summed E-state index contributed by atoms with van der Waals surface area (Å²) < 4.78 is 26.9. The van der Waals surface area contributed by atoms with Crippen molar-refractivity contribution in [3.8, 4) is 0 Å². The van der Waals surface area contributed by atoms with Crippen LogP contribution in [0.1, 0.15) is 25.3 Å². The van der Waals surface area contributed by atoms with Crippen molar-refractivity contribution in [2.75, 3.05) is 13.1 Å². The number of nitro groups is 1. The number of nitrogens with zero attached hydrogens (tertiary/aromatic N) is 2. The molecule has 2 rings (SSSR count). The lowest BCUT2D eigenvalue weighted by molar-refractivity contribution is -0.385. The fourth-order valence-electron chi connectivity index (χ4n) is 2.76. The predicted molar refractivity (Wildman–Crippen MR) is 83.0 cm³/mol. The predicted octanol–water partition coefficient (Wildman–Crippen LogP) is 1.65. The van der Waals surface area contributed by atoms with Crippen LogP contribution in [0.3, 0.4) is 0 Å². The first-order valence-corrected chi connectivity index (χ1v) is 8.68. The number of hydrogen-bond acceptors (Lipinski definition) is 5. The summed E-state index contributed by atoms with van der Waals surface area (Å²) in [6.07, 6.45) is 1.43. The molecule has 1 atom stereocenters. The Morgan fingerprint density at radius 2 is 1.95 bits per heavy atom. The molecule has 0 saturated carbocycles. The number of nitrogens with two attached hydrogens (primary N) is 1. The molecule has 1 heterocycles. The van der Waals surface area contributed by atoms with Gasteiger partial charge in [0, 0.05) is 31.3 Å². The molecular weight excluding hydrogens is 306 g/mol. The van der Waals surface area contributed by atoms with Crippen molar-refractivity contribution in [2.24, 2.45) is 11.7 Å². The third-order valence-electron chi connectivity index (χ3n) is 4.24. The first-order valence-electron chi connectivity index (χ1n) is 7.24. The van der Waals surface area contributed by atoms with E-state index in [0.29, 0.717) is 37.4 Å². The van der Waals surface area contributed by atoms with Gasteiger partial charge in [-0.2, -0.15) is 4.31 Å². The third kappa shape index (κ3) is 3.29. The van der Waals surface area contributed by atoms with Gasteiger partial charge in [0.25, 0.3) is 5.69 Å². The molecule has 1 saturated heterocycles. The number of nitro benzene ring substituents is 1. The lowest BCUT2D eigenvalue weighted by Crippen LogP contribution is -2.42. The minimum Gasteiger partial charge on any atom is -0.328 e. The van der Waals surface area contributed by atoms with Crippen LogP contribution in [0, 0.1) is 23.0 Å². The number of aryl methyl sites for hydroxylation is 1. The number of sulfonamides is 1. The lowest BCUT2D eigenvalue weighted by atomic mass is 9.92. The van der Waals surface area contributed by atoms with E-state index in [1.54, 1.807) is 6.92 Å². The summed E-state index contributed by atoms with van der Waals surface area (Å²) >= 11 is 0. The number of hydrogen-bond donors (Lipinski definition) is 1. The molecular formula is C14H21N3O4S. The van der Waals surface area contributed by atoms with Gasteiger partial charge in [-0.1, -0.05) is 6.07 Å². The molecule has 1 fully saturated rings. The molecule has 2 N–H and O–H groups in total. The number of benzene rings is 1. The summed E-state index contributed by atoms with van der Waals surface area (Å²) in [5.74, 6) is 0.317. The Morgan fingerprint density at radius 3 is 2.45 bits per heavy atom. The van der Waals surface area contributed by atoms with Crippen LogP contribution in [0.4, 0.5) is 5.69 Å². The smallest absolute Gasteiger partial charge is 0.270 e. The van der Waals surface area contributed by atoms with Gasteiger partial charge in [0.2, 0.25) is 10.0 Å². The number of piperidine rings is 1. The highest BCUT2D eigenvalue weighted by molar-refractivity contribution is 7.89. The normalized spacial score (nSPS) is 19.0. The summed E-state index contributed by atoms with van der Waals surface area (Å²) in [5, 5.41) is 10.9. The van der Waals surface area contributed by atoms with E-state index >= 15 is 0 Å². The Hall–Kier alpha value is -1.51. The van der Waals surface area contributed by atoms with Crippen LogP contribution in [0.2, 0.25) is 0 Å². The average Bonchev–Trinajstić information content (AvgIpc) is 2.47. The maximum absolute atomic E-state index is 12.7. The van der Waals surface area contributed by atoms with Gasteiger partial charge in [0.05, 0.1) is 9.82 Å². The van der Waals surface area contributed by atoms with Gasteiger partial charge in [0.1, 0.15) is 0 Å². The van der Waals surface area contributed by atoms with E-state index in [-0.39, 0.29) is 16.6 Å². The summed E-state index contributed by atoms with van der Waals surface area (Å²) in [4.78, 5) is 10.3. The molecule has 1 aliphatic heterocycles. The fourth-order valence-corrected chi connectivity index (χ4v) is 4.48. The lowest BCUT2D eigenvalue weighted by Gasteiger charge is -2.33. The van der Waals surface area contributed by atoms with Crippen LogP contribution in [-0.4, -0.2) is 36.8 Å². The molecule has 0 aliphatic carbocycles. The van der Waals surface area contributed by atoms with Crippen LogP contribution in [0.25, 0.3) is 0 Å². The molecule has 0 amide bonds. The summed E-state index contributed by atoms with van der Waals surface area (Å²) in [7, 11) is -3.71. The van der Waals surface area contributed by atoms with E-state index in [1.165, 1.54) is 16.4 Å². The van der Waals surface area contributed by atoms with E-state index < -0.39 is 14.9 Å². The van der Waals surface area contributed by atoms with Crippen LogP contribution < -0.4 is 5.73 Å². The van der Waals surface area contributed by atoms with Crippen LogP contribution in [0.15, 0.2) is 23.1 Å². The van der Waals surface area contributed by atoms with Crippen molar-refractivity contribution < 1.29 is 13.3 Å². The highest BCUT2D eigenvalue weighted by Gasteiger charge is 2.32. The van der Waals surface area contributed by atoms with Crippen LogP contribution >= 0.6 is 0 Å². The molecule has 0 radical (unpaired) electrons. The van der Waals surface area contributed by atoms with E-state index in [9.17, 15) is 18.5 Å². The molecule has 1 aromatic carbocycles. The standard InChI is InChI=1S/C14H21N3O4S/c1-10-3-4-13(17(18)19)9-14(10)22(20,21)16-7-5-12(6-8-16)11(2)15/h3-4,9,11-12H,5-8,15H2,1-2H3. The first kappa shape index (κ1) is 16.9. The van der Waals surface area contributed by atoms with E-state index in [2.05, 4.69) is 0 Å². The van der Waals surface area contributed by atoms with Crippen molar-refractivity contribution in [3.63, 3.8) is 0 Å². The van der Waals surface area contributed by atoms with Gasteiger partial charge in [0.15, 0.2) is 0 Å². The Bertz CT molecular complexity index is 665. The maximum atomic E-state index is 12.7. The molecule has 0 spiro atoms. The van der Waals surface area contributed by atoms with Crippen LogP contribution in [-0.2, 0) is 10.0 Å². The third-order valence-corrected chi connectivity index (χ3v) is 6.28. The van der Waals surface area contributed by atoms with E-state index in [4.69, 9.17) is 5.73 Å². The second-order valence-corrected chi connectivity index (χ2v) is 7.71. The molecule has 7 nitrogen and oxygen atoms in total. The minimum atomic E-state index is -3.71. The van der Waals surface area contributed by atoms with E-state index in [1.807, 2.05) is 6.92 Å². The van der Waals surface area contributed by atoms with Crippen molar-refractivity contribution in [1.29, 1.82) is 0 Å². The number of non-ortho nitro benzene ring substituents is 1. The fraction of sp³-hybridized carbons (Fsp3) is 0.571. The van der Waals surface area contributed by atoms with Crippen LogP contribution in [0.5, 0.6) is 0 Å². The maximum Gasteiger partial charge on any atom is 0.270 e. The molecule has 0 aromatic heterocycles. The molecule has 8 heteroatoms. The van der Waals surface area contributed by atoms with Crippen molar-refractivity contribution in [3.05, 3.63) is 33.9 Å². The van der Waals surface area contributed by atoms with E-state index in [0.717, 1.165) is 6.07 Å². The molecule has 1 aromatic rings. The summed E-state index contributed by atoms with van der Waals surface area (Å²) in [6.45, 7) is 4.37. The van der Waals surface area contributed by atoms with Gasteiger partial charge in [-0.15, -0.1) is 0 Å². The van der Waals surface area contributed by atoms with Gasteiger partial charge in [-0.05, 0) is 38.2 Å². The Balaban J connectivity index is 2.28. The monoisotopic (exact) mass is 327 g/mol. The molecule has 1 aliphatic rings. The molecule has 22 heavy (non-hydrogen) atoms.